The number of nitrogens with zero attached hydrogens (tertiary/aromatic N) is 1. The van der Waals surface area contributed by atoms with Crippen LogP contribution in [0.5, 0.6) is 0 Å². The minimum atomic E-state index is -4.10. The largest absolute Gasteiger partial charge is 0.459 e. The predicted molar refractivity (Wildman–Crippen MR) is 141 cm³/mol. The number of esters is 1. The molecule has 0 fully saturated rings. The Labute approximate surface area is 218 Å². The summed E-state index contributed by atoms with van der Waals surface area (Å²) >= 11 is 0. The zero-order valence-electron chi connectivity index (χ0n) is 20.8. The van der Waals surface area contributed by atoms with Crippen LogP contribution in [-0.2, 0) is 35.8 Å². The molecule has 0 saturated carbocycles. The van der Waals surface area contributed by atoms with Gasteiger partial charge < -0.3 is 4.74 Å². The van der Waals surface area contributed by atoms with E-state index in [9.17, 15) is 21.6 Å². The van der Waals surface area contributed by atoms with Crippen molar-refractivity contribution in [1.29, 1.82) is 0 Å². The molecule has 0 spiro atoms. The predicted octanol–water partition coefficient (Wildman–Crippen LogP) is 4.21. The maximum atomic E-state index is 13.8. The van der Waals surface area contributed by atoms with Crippen LogP contribution in [0.1, 0.15) is 23.6 Å². The molecule has 0 saturated heterocycles. The first-order valence-electron chi connectivity index (χ1n) is 11.8. The third kappa shape index (κ3) is 5.62. The lowest BCUT2D eigenvalue weighted by atomic mass is 9.97. The van der Waals surface area contributed by atoms with E-state index in [0.29, 0.717) is 0 Å². The fraction of sp³-hybridized carbons (Fsp3) is 0.250. The van der Waals surface area contributed by atoms with Crippen LogP contribution in [0.25, 0.3) is 0 Å². The summed E-state index contributed by atoms with van der Waals surface area (Å²) in [5.41, 5.74) is 2.57. The molecule has 3 aromatic rings. The van der Waals surface area contributed by atoms with E-state index in [1.807, 2.05) is 44.2 Å². The van der Waals surface area contributed by atoms with Gasteiger partial charge >= 0.3 is 5.97 Å². The third-order valence-electron chi connectivity index (χ3n) is 6.35. The van der Waals surface area contributed by atoms with E-state index in [2.05, 4.69) is 0 Å². The number of carbonyl (C=O) groups is 1. The minimum absolute atomic E-state index is 0.0576. The number of carbonyl (C=O) groups excluding carboxylic acids is 1. The van der Waals surface area contributed by atoms with E-state index in [4.69, 9.17) is 4.74 Å². The van der Waals surface area contributed by atoms with Crippen molar-refractivity contribution in [1.82, 2.24) is 4.31 Å². The van der Waals surface area contributed by atoms with Crippen molar-refractivity contribution in [3.8, 4) is 0 Å². The van der Waals surface area contributed by atoms with Crippen LogP contribution in [0, 0.1) is 13.8 Å². The number of ether oxygens (including phenoxy) is 1. The zero-order chi connectivity index (χ0) is 26.8. The topological polar surface area (TPSA) is 97.8 Å². The SMILES string of the molecule is CC(=O)O[C@H]1C(S(=O)(=O)c2ccc(C)cc2)C=CN(S(=O)(=O)c2ccc(C)cc2)[C@H]1Cc1ccccc1. The molecule has 1 heterocycles. The Balaban J connectivity index is 1.87. The molecule has 37 heavy (non-hydrogen) atoms. The average molecular weight is 540 g/mol. The summed E-state index contributed by atoms with van der Waals surface area (Å²) in [4.78, 5) is 12.3. The molecule has 7 nitrogen and oxygen atoms in total. The highest BCUT2D eigenvalue weighted by Gasteiger charge is 2.47. The maximum absolute atomic E-state index is 13.8. The molecule has 1 aliphatic heterocycles. The molecular weight excluding hydrogens is 510 g/mol. The first-order valence-corrected chi connectivity index (χ1v) is 14.8. The third-order valence-corrected chi connectivity index (χ3v) is 10.2. The number of aryl methyl sites for hydroxylation is 2. The van der Waals surface area contributed by atoms with Crippen LogP contribution < -0.4 is 0 Å². The van der Waals surface area contributed by atoms with Crippen LogP contribution in [0.3, 0.4) is 0 Å². The van der Waals surface area contributed by atoms with Gasteiger partial charge in [-0.3, -0.25) is 9.10 Å². The Bertz CT molecular complexity index is 1500. The van der Waals surface area contributed by atoms with Crippen molar-refractivity contribution in [2.75, 3.05) is 0 Å². The normalized spacial score (nSPS) is 20.0. The number of benzene rings is 3. The van der Waals surface area contributed by atoms with Gasteiger partial charge in [0.05, 0.1) is 15.8 Å². The van der Waals surface area contributed by atoms with E-state index in [1.165, 1.54) is 43.5 Å². The van der Waals surface area contributed by atoms with E-state index in [0.717, 1.165) is 21.0 Å². The summed E-state index contributed by atoms with van der Waals surface area (Å²) in [5, 5.41) is -1.28. The van der Waals surface area contributed by atoms with E-state index in [-0.39, 0.29) is 16.2 Å². The Kier molecular flexibility index (Phi) is 7.57. The monoisotopic (exact) mass is 539 g/mol. The van der Waals surface area contributed by atoms with Gasteiger partial charge in [0.2, 0.25) is 0 Å². The van der Waals surface area contributed by atoms with Gasteiger partial charge in [0.15, 0.2) is 9.84 Å². The molecule has 9 heteroatoms. The second-order valence-electron chi connectivity index (χ2n) is 9.14. The molecule has 0 radical (unpaired) electrons. The zero-order valence-corrected chi connectivity index (χ0v) is 22.4. The van der Waals surface area contributed by atoms with Gasteiger partial charge in [-0.15, -0.1) is 0 Å². The standard InChI is InChI=1S/C28H29NO6S2/c1-20-9-13-24(14-10-20)36(31,32)27-17-18-29(37(33,34)25-15-11-21(2)12-16-25)26(28(27)35-22(3)30)19-23-7-5-4-6-8-23/h4-18,26-28H,19H2,1-3H3/t26-,27?,28+/m0/s1. The summed E-state index contributed by atoms with van der Waals surface area (Å²) in [5.74, 6) is -0.699. The average Bonchev–Trinajstić information content (AvgIpc) is 2.85. The van der Waals surface area contributed by atoms with Crippen LogP contribution >= 0.6 is 0 Å². The van der Waals surface area contributed by atoms with Crippen molar-refractivity contribution in [3.63, 3.8) is 0 Å². The lowest BCUT2D eigenvalue weighted by Gasteiger charge is -2.41. The van der Waals surface area contributed by atoms with Gasteiger partial charge in [-0.25, -0.2) is 16.8 Å². The van der Waals surface area contributed by atoms with Crippen molar-refractivity contribution >= 4 is 25.8 Å². The summed E-state index contributed by atoms with van der Waals surface area (Å²) in [7, 11) is -8.12. The van der Waals surface area contributed by atoms with Crippen molar-refractivity contribution in [3.05, 3.63) is 108 Å². The molecule has 194 valence electrons. The lowest BCUT2D eigenvalue weighted by Crippen LogP contribution is -2.56. The molecule has 0 N–H and O–H groups in total. The lowest BCUT2D eigenvalue weighted by molar-refractivity contribution is -0.148. The molecule has 0 amide bonds. The molecule has 1 unspecified atom stereocenters. The van der Waals surface area contributed by atoms with Gasteiger partial charge in [0.25, 0.3) is 10.0 Å². The van der Waals surface area contributed by atoms with Gasteiger partial charge in [0, 0.05) is 13.1 Å². The Morgan fingerprint density at radius 2 is 1.35 bits per heavy atom. The summed E-state index contributed by atoms with van der Waals surface area (Å²) < 4.78 is 61.8. The van der Waals surface area contributed by atoms with Crippen molar-refractivity contribution in [2.45, 2.75) is 54.4 Å². The number of hydrogen-bond acceptors (Lipinski definition) is 6. The maximum Gasteiger partial charge on any atom is 0.303 e. The first-order chi connectivity index (χ1) is 17.5. The van der Waals surface area contributed by atoms with Gasteiger partial charge in [0.1, 0.15) is 11.4 Å². The first kappa shape index (κ1) is 26.6. The molecule has 4 rings (SSSR count). The van der Waals surface area contributed by atoms with Gasteiger partial charge in [-0.2, -0.15) is 0 Å². The minimum Gasteiger partial charge on any atom is -0.459 e. The second-order valence-corrected chi connectivity index (χ2v) is 13.1. The van der Waals surface area contributed by atoms with Crippen LogP contribution in [0.2, 0.25) is 0 Å². The van der Waals surface area contributed by atoms with Crippen LogP contribution in [0.15, 0.2) is 101 Å². The summed E-state index contributed by atoms with van der Waals surface area (Å²) in [6.07, 6.45) is 1.44. The number of hydrogen-bond donors (Lipinski definition) is 0. The molecular formula is C28H29NO6S2. The van der Waals surface area contributed by atoms with Gasteiger partial charge in [-0.1, -0.05) is 65.7 Å². The highest BCUT2D eigenvalue weighted by molar-refractivity contribution is 7.92. The fourth-order valence-corrected chi connectivity index (χ4v) is 7.61. The molecule has 3 atom stereocenters. The summed E-state index contributed by atoms with van der Waals surface area (Å²) in [6.45, 7) is 4.89. The molecule has 0 bridgehead atoms. The van der Waals surface area contributed by atoms with Crippen molar-refractivity contribution < 1.29 is 26.4 Å². The van der Waals surface area contributed by atoms with E-state index >= 15 is 0 Å². The van der Waals surface area contributed by atoms with E-state index in [1.54, 1.807) is 24.3 Å². The Hall–Kier alpha value is -3.43. The number of sulfone groups is 1. The fourth-order valence-electron chi connectivity index (χ4n) is 4.41. The number of rotatable bonds is 7. The van der Waals surface area contributed by atoms with E-state index < -0.39 is 43.2 Å². The summed E-state index contributed by atoms with van der Waals surface area (Å²) in [6, 6.07) is 20.9. The molecule has 3 aromatic carbocycles. The Morgan fingerprint density at radius 1 is 0.811 bits per heavy atom. The molecule has 0 aromatic heterocycles. The highest BCUT2D eigenvalue weighted by Crippen LogP contribution is 2.34. The molecule has 1 aliphatic rings. The smallest absolute Gasteiger partial charge is 0.303 e. The second kappa shape index (κ2) is 10.5. The van der Waals surface area contributed by atoms with Crippen molar-refractivity contribution in [2.24, 2.45) is 0 Å². The van der Waals surface area contributed by atoms with Crippen LogP contribution in [-0.4, -0.2) is 44.5 Å². The quantitative estimate of drug-likeness (QED) is 0.417. The highest BCUT2D eigenvalue weighted by atomic mass is 32.2. The van der Waals surface area contributed by atoms with Gasteiger partial charge in [-0.05, 0) is 56.2 Å². The van der Waals surface area contributed by atoms with Crippen LogP contribution in [0.4, 0.5) is 0 Å². The Morgan fingerprint density at radius 3 is 1.89 bits per heavy atom. The number of sulfonamides is 1. The molecule has 0 aliphatic carbocycles.